The van der Waals surface area contributed by atoms with Crippen LogP contribution in [-0.4, -0.2) is 25.1 Å². The number of aromatic nitrogens is 5. The molecule has 3 aromatic rings. The molecule has 0 radical (unpaired) electrons. The molecule has 0 aromatic carbocycles. The Balaban J connectivity index is 0.000000135. The lowest BCUT2D eigenvalue weighted by atomic mass is 10.5. The number of pyridine rings is 1. The molecule has 0 saturated heterocycles. The first-order valence-electron chi connectivity index (χ1n) is 5.27. The van der Waals surface area contributed by atoms with E-state index in [0.717, 1.165) is 0 Å². The fraction of sp³-hybridized carbons (Fsp3) is 0. The summed E-state index contributed by atoms with van der Waals surface area (Å²) >= 11 is 0. The summed E-state index contributed by atoms with van der Waals surface area (Å²) in [5.41, 5.74) is 0. The van der Waals surface area contributed by atoms with Gasteiger partial charge in [-0.2, -0.15) is 10.2 Å². The lowest BCUT2D eigenvalue weighted by Crippen LogP contribution is -1.69. The highest BCUT2D eigenvalue weighted by Gasteiger charge is 1.60. The minimum absolute atomic E-state index is 1.64. The summed E-state index contributed by atoms with van der Waals surface area (Å²) in [6.07, 6.45) is 13.3. The maximum absolute atomic E-state index is 3.78. The van der Waals surface area contributed by atoms with Gasteiger partial charge in [-0.15, -0.1) is 0 Å². The molecule has 3 heterocycles. The second kappa shape index (κ2) is 10.8. The van der Waals surface area contributed by atoms with Crippen molar-refractivity contribution in [2.75, 3.05) is 0 Å². The highest BCUT2D eigenvalue weighted by molar-refractivity contribution is 4.88. The molecule has 0 amide bonds. The molecule has 5 heteroatoms. The molecule has 18 heavy (non-hydrogen) atoms. The standard InChI is InChI=1S/C5H5N.2C4H4N2/c1-2-4-6-5-3-1;1-2-6-4-3-5-1;1-2-4-6-5-3-1/h1-5H;2*1-4H. The van der Waals surface area contributed by atoms with E-state index in [0.29, 0.717) is 0 Å². The molecule has 0 aliphatic rings. The monoisotopic (exact) mass is 239 g/mol. The van der Waals surface area contributed by atoms with Crippen molar-refractivity contribution >= 4 is 0 Å². The number of hydrogen-bond donors (Lipinski definition) is 0. The Morgan fingerprint density at radius 3 is 0.889 bits per heavy atom. The molecule has 0 saturated carbocycles. The Kier molecular flexibility index (Phi) is 8.04. The van der Waals surface area contributed by atoms with Crippen LogP contribution in [0.1, 0.15) is 0 Å². The van der Waals surface area contributed by atoms with E-state index in [2.05, 4.69) is 25.1 Å². The molecule has 0 atom stereocenters. The van der Waals surface area contributed by atoms with Crippen LogP contribution in [0.25, 0.3) is 0 Å². The second-order valence-corrected chi connectivity index (χ2v) is 2.83. The van der Waals surface area contributed by atoms with Crippen molar-refractivity contribution in [3.8, 4) is 0 Å². The molecule has 0 bridgehead atoms. The maximum Gasteiger partial charge on any atom is 0.0496 e. The fourth-order valence-corrected chi connectivity index (χ4v) is 0.819. The van der Waals surface area contributed by atoms with Gasteiger partial charge in [0.05, 0.1) is 0 Å². The van der Waals surface area contributed by atoms with Gasteiger partial charge in [-0.25, -0.2) is 0 Å². The van der Waals surface area contributed by atoms with Gasteiger partial charge in [0.2, 0.25) is 0 Å². The quantitative estimate of drug-likeness (QED) is 0.600. The highest BCUT2D eigenvalue weighted by atomic mass is 15.1. The summed E-state index contributed by atoms with van der Waals surface area (Å²) in [5, 5.41) is 7.07. The van der Waals surface area contributed by atoms with Crippen molar-refractivity contribution in [3.63, 3.8) is 0 Å². The smallest absolute Gasteiger partial charge is 0.0496 e. The van der Waals surface area contributed by atoms with E-state index in [1.807, 2.05) is 30.3 Å². The molecule has 0 fully saturated rings. The predicted octanol–water partition coefficient (Wildman–Crippen LogP) is 2.03. The zero-order valence-corrected chi connectivity index (χ0v) is 9.74. The van der Waals surface area contributed by atoms with Crippen molar-refractivity contribution in [2.24, 2.45) is 0 Å². The van der Waals surface area contributed by atoms with Crippen LogP contribution < -0.4 is 0 Å². The van der Waals surface area contributed by atoms with Gasteiger partial charge < -0.3 is 0 Å². The van der Waals surface area contributed by atoms with Crippen LogP contribution in [0.15, 0.2) is 79.9 Å². The van der Waals surface area contributed by atoms with E-state index >= 15 is 0 Å². The Morgan fingerprint density at radius 2 is 0.722 bits per heavy atom. The van der Waals surface area contributed by atoms with Crippen LogP contribution in [-0.2, 0) is 0 Å². The summed E-state index contributed by atoms with van der Waals surface area (Å²) in [4.78, 5) is 11.2. The van der Waals surface area contributed by atoms with Crippen LogP contribution >= 0.6 is 0 Å². The van der Waals surface area contributed by atoms with Crippen LogP contribution in [0.5, 0.6) is 0 Å². The molecule has 0 spiro atoms. The van der Waals surface area contributed by atoms with Gasteiger partial charge in [0.25, 0.3) is 0 Å². The topological polar surface area (TPSA) is 64.5 Å². The maximum atomic E-state index is 3.78. The SMILES string of the molecule is c1ccncc1.c1ccnnc1.c1cnccn1. The summed E-state index contributed by atoms with van der Waals surface area (Å²) < 4.78 is 0. The van der Waals surface area contributed by atoms with E-state index in [1.54, 1.807) is 49.6 Å². The molecule has 3 aromatic heterocycles. The van der Waals surface area contributed by atoms with Gasteiger partial charge in [-0.1, -0.05) is 6.07 Å². The van der Waals surface area contributed by atoms with Crippen molar-refractivity contribution in [1.82, 2.24) is 25.1 Å². The molecular formula is C13H13N5. The third-order valence-corrected chi connectivity index (χ3v) is 1.53. The second-order valence-electron chi connectivity index (χ2n) is 2.83. The fourth-order valence-electron chi connectivity index (χ4n) is 0.819. The Bertz CT molecular complexity index is 306. The van der Waals surface area contributed by atoms with Crippen LogP contribution in [0.3, 0.4) is 0 Å². The molecule has 0 N–H and O–H groups in total. The molecule has 0 aliphatic heterocycles. The predicted molar refractivity (Wildman–Crippen MR) is 68.3 cm³/mol. The van der Waals surface area contributed by atoms with Gasteiger partial charge in [0, 0.05) is 49.6 Å². The summed E-state index contributed by atoms with van der Waals surface area (Å²) in [6, 6.07) is 9.37. The van der Waals surface area contributed by atoms with Gasteiger partial charge >= 0.3 is 0 Å². The Hall–Kier alpha value is -2.69. The van der Waals surface area contributed by atoms with E-state index in [4.69, 9.17) is 0 Å². The first kappa shape index (κ1) is 13.4. The largest absolute Gasteiger partial charge is 0.265 e. The van der Waals surface area contributed by atoms with Crippen molar-refractivity contribution in [1.29, 1.82) is 0 Å². The normalized spacial score (nSPS) is 8.00. The highest BCUT2D eigenvalue weighted by Crippen LogP contribution is 1.73. The van der Waals surface area contributed by atoms with Crippen molar-refractivity contribution in [2.45, 2.75) is 0 Å². The van der Waals surface area contributed by atoms with Crippen molar-refractivity contribution in [3.05, 3.63) is 79.9 Å². The third-order valence-electron chi connectivity index (χ3n) is 1.53. The zero-order chi connectivity index (χ0) is 12.7. The van der Waals surface area contributed by atoms with Crippen molar-refractivity contribution < 1.29 is 0 Å². The van der Waals surface area contributed by atoms with Gasteiger partial charge in [-0.3, -0.25) is 15.0 Å². The van der Waals surface area contributed by atoms with Gasteiger partial charge in [0.15, 0.2) is 0 Å². The van der Waals surface area contributed by atoms with E-state index < -0.39 is 0 Å². The molecule has 90 valence electrons. The number of hydrogen-bond acceptors (Lipinski definition) is 5. The summed E-state index contributed by atoms with van der Waals surface area (Å²) in [5.74, 6) is 0. The van der Waals surface area contributed by atoms with E-state index in [1.165, 1.54) is 0 Å². The first-order valence-corrected chi connectivity index (χ1v) is 5.27. The average Bonchev–Trinajstić information content (AvgIpc) is 2.54. The minimum Gasteiger partial charge on any atom is -0.265 e. The Labute approximate surface area is 106 Å². The lowest BCUT2D eigenvalue weighted by molar-refractivity contribution is 1.03. The number of rotatable bonds is 0. The van der Waals surface area contributed by atoms with Crippen LogP contribution in [0.2, 0.25) is 0 Å². The number of nitrogens with zero attached hydrogens (tertiary/aromatic N) is 5. The first-order chi connectivity index (χ1) is 9.00. The summed E-state index contributed by atoms with van der Waals surface area (Å²) in [6.45, 7) is 0. The van der Waals surface area contributed by atoms with Gasteiger partial charge in [0.1, 0.15) is 0 Å². The average molecular weight is 239 g/mol. The van der Waals surface area contributed by atoms with E-state index in [-0.39, 0.29) is 0 Å². The third kappa shape index (κ3) is 8.60. The summed E-state index contributed by atoms with van der Waals surface area (Å²) in [7, 11) is 0. The molecular weight excluding hydrogens is 226 g/mol. The molecule has 3 rings (SSSR count). The van der Waals surface area contributed by atoms with Crippen LogP contribution in [0, 0.1) is 0 Å². The Morgan fingerprint density at radius 1 is 0.333 bits per heavy atom. The van der Waals surface area contributed by atoms with Gasteiger partial charge in [-0.05, 0) is 24.3 Å². The molecule has 0 unspecified atom stereocenters. The zero-order valence-electron chi connectivity index (χ0n) is 9.74. The molecule has 0 aliphatic carbocycles. The van der Waals surface area contributed by atoms with E-state index in [9.17, 15) is 0 Å². The van der Waals surface area contributed by atoms with Crippen LogP contribution in [0.4, 0.5) is 0 Å². The minimum atomic E-state index is 1.64. The lowest BCUT2D eigenvalue weighted by Gasteiger charge is -1.70. The molecule has 5 nitrogen and oxygen atoms in total.